The van der Waals surface area contributed by atoms with E-state index in [-0.39, 0.29) is 17.4 Å². The molecule has 0 bridgehead atoms. The van der Waals surface area contributed by atoms with Crippen molar-refractivity contribution >= 4 is 19.4 Å². The number of nitrogens with zero attached hydrogens (tertiary/aromatic N) is 1. The first-order valence-electron chi connectivity index (χ1n) is 8.93. The van der Waals surface area contributed by atoms with Gasteiger partial charge in [-0.1, -0.05) is 23.7 Å². The molecule has 1 saturated heterocycles. The summed E-state index contributed by atoms with van der Waals surface area (Å²) in [5.74, 6) is -2.20. The fourth-order valence-corrected chi connectivity index (χ4v) is 4.62. The van der Waals surface area contributed by atoms with Crippen LogP contribution in [0.4, 0.5) is 4.39 Å². The number of aromatic amines is 1. The minimum atomic E-state index is -4.24. The number of methoxy groups -OCH3 is 1. The van der Waals surface area contributed by atoms with Gasteiger partial charge in [-0.25, -0.2) is 13.8 Å². The highest BCUT2D eigenvalue weighted by molar-refractivity contribution is 7.49. The molecular formula is C17H17ClFN2O9P. The van der Waals surface area contributed by atoms with Crippen molar-refractivity contribution in [2.45, 2.75) is 31.2 Å². The quantitative estimate of drug-likeness (QED) is 0.617. The predicted molar refractivity (Wildman–Crippen MR) is 103 cm³/mol. The summed E-state index contributed by atoms with van der Waals surface area (Å²) in [5.41, 5.74) is -1.24. The number of phosphoric ester groups is 1. The number of phosphoric acid groups is 1. The van der Waals surface area contributed by atoms with Crippen LogP contribution in [0.15, 0.2) is 34.0 Å². The third-order valence-corrected chi connectivity index (χ3v) is 6.24. The maximum atomic E-state index is 15.2. The highest BCUT2D eigenvalue weighted by Crippen LogP contribution is 2.57. The normalized spacial score (nSPS) is 29.9. The van der Waals surface area contributed by atoms with E-state index in [2.05, 4.69) is 0 Å². The molecule has 11 nitrogen and oxygen atoms in total. The number of aliphatic hydroxyl groups excluding tert-OH is 1. The van der Waals surface area contributed by atoms with Gasteiger partial charge in [0.15, 0.2) is 17.7 Å². The van der Waals surface area contributed by atoms with Crippen LogP contribution in [0.5, 0.6) is 11.5 Å². The van der Waals surface area contributed by atoms with Crippen molar-refractivity contribution in [3.63, 3.8) is 0 Å². The van der Waals surface area contributed by atoms with E-state index in [1.807, 2.05) is 4.98 Å². The van der Waals surface area contributed by atoms with E-state index in [0.717, 1.165) is 10.8 Å². The summed E-state index contributed by atoms with van der Waals surface area (Å²) in [6.45, 7) is -1.06. The molecule has 0 aliphatic carbocycles. The number of rotatable bonds is 5. The molecule has 168 valence electrons. The van der Waals surface area contributed by atoms with Crippen molar-refractivity contribution in [1.29, 1.82) is 0 Å². The smallest absolute Gasteiger partial charge is 0.493 e. The molecule has 1 fully saturated rings. The second-order valence-electron chi connectivity index (χ2n) is 6.84. The number of aliphatic hydroxyl groups is 1. The lowest BCUT2D eigenvalue weighted by molar-refractivity contribution is -0.179. The Bertz CT molecular complexity index is 1160. The van der Waals surface area contributed by atoms with Crippen LogP contribution in [0, 0.1) is 0 Å². The predicted octanol–water partition coefficient (Wildman–Crippen LogP) is 1.88. The van der Waals surface area contributed by atoms with E-state index in [0.29, 0.717) is 11.3 Å². The van der Waals surface area contributed by atoms with E-state index >= 15 is 4.39 Å². The van der Waals surface area contributed by atoms with Gasteiger partial charge in [-0.2, -0.15) is 0 Å². The van der Waals surface area contributed by atoms with Crippen molar-refractivity contribution in [2.75, 3.05) is 13.7 Å². The van der Waals surface area contributed by atoms with Gasteiger partial charge in [-0.15, -0.1) is 0 Å². The molecule has 1 aromatic heterocycles. The molecule has 2 aliphatic heterocycles. The molecule has 1 unspecified atom stereocenters. The topological polar surface area (TPSA) is 138 Å². The van der Waals surface area contributed by atoms with Crippen LogP contribution in [0.1, 0.15) is 18.2 Å². The molecule has 0 amide bonds. The zero-order valence-electron chi connectivity index (χ0n) is 15.9. The van der Waals surface area contributed by atoms with Crippen molar-refractivity contribution in [1.82, 2.24) is 9.55 Å². The fourth-order valence-electron chi connectivity index (χ4n) is 3.21. The third-order valence-electron chi connectivity index (χ3n) is 4.67. The Balaban J connectivity index is 1.49. The average molecular weight is 479 g/mol. The lowest BCUT2D eigenvalue weighted by Gasteiger charge is -2.28. The maximum absolute atomic E-state index is 15.2. The second-order valence-corrected chi connectivity index (χ2v) is 8.84. The van der Waals surface area contributed by atoms with Crippen LogP contribution in [0.25, 0.3) is 0 Å². The first kappa shape index (κ1) is 22.0. The lowest BCUT2D eigenvalue weighted by Crippen LogP contribution is -2.36. The SMILES string of the molecule is COc1cccc2c1OP(=O)(OC[C@]1(F)C[C@@H](O)[C@H](n3cc(Cl)c(=O)[nH]c3=O)O1)OC2. The Hall–Kier alpha value is -2.21. The van der Waals surface area contributed by atoms with Gasteiger partial charge in [0, 0.05) is 18.2 Å². The maximum Gasteiger partial charge on any atom is 0.530 e. The summed E-state index contributed by atoms with van der Waals surface area (Å²) in [6, 6.07) is 4.95. The number of hydrogen-bond acceptors (Lipinski definition) is 9. The van der Waals surface area contributed by atoms with Crippen LogP contribution in [0.2, 0.25) is 5.02 Å². The number of H-pyrrole nitrogens is 1. The Morgan fingerprint density at radius 1 is 1.45 bits per heavy atom. The van der Waals surface area contributed by atoms with Crippen molar-refractivity contribution in [3.8, 4) is 11.5 Å². The van der Waals surface area contributed by atoms with Gasteiger partial charge in [0.1, 0.15) is 17.7 Å². The summed E-state index contributed by atoms with van der Waals surface area (Å²) in [6.07, 6.45) is -2.71. The molecule has 0 saturated carbocycles. The number of nitrogens with one attached hydrogen (secondary N) is 1. The minimum absolute atomic E-state index is 0.125. The number of aromatic nitrogens is 2. The van der Waals surface area contributed by atoms with Gasteiger partial charge in [0.05, 0.1) is 13.7 Å². The van der Waals surface area contributed by atoms with Crippen LogP contribution >= 0.6 is 19.4 Å². The van der Waals surface area contributed by atoms with Gasteiger partial charge in [-0.3, -0.25) is 23.4 Å². The van der Waals surface area contributed by atoms with Gasteiger partial charge in [0.25, 0.3) is 5.56 Å². The number of para-hydroxylation sites is 1. The fraction of sp³-hybridized carbons (Fsp3) is 0.412. The Morgan fingerprint density at radius 3 is 2.97 bits per heavy atom. The second kappa shape index (κ2) is 8.05. The van der Waals surface area contributed by atoms with E-state index in [9.17, 15) is 19.3 Å². The average Bonchev–Trinajstić information content (AvgIpc) is 3.03. The number of halogens is 2. The molecule has 0 spiro atoms. The summed E-state index contributed by atoms with van der Waals surface area (Å²) < 4.78 is 54.6. The number of ether oxygens (including phenoxy) is 2. The Kier molecular flexibility index (Phi) is 5.71. The zero-order chi connectivity index (χ0) is 22.4. The van der Waals surface area contributed by atoms with Crippen LogP contribution in [-0.4, -0.2) is 40.3 Å². The highest BCUT2D eigenvalue weighted by Gasteiger charge is 2.50. The van der Waals surface area contributed by atoms with Crippen molar-refractivity contribution in [2.24, 2.45) is 0 Å². The van der Waals surface area contributed by atoms with E-state index in [1.54, 1.807) is 18.2 Å². The van der Waals surface area contributed by atoms with Gasteiger partial charge in [-0.05, 0) is 6.07 Å². The first-order valence-corrected chi connectivity index (χ1v) is 10.8. The molecule has 14 heteroatoms. The van der Waals surface area contributed by atoms with E-state index in [4.69, 9.17) is 34.6 Å². The van der Waals surface area contributed by atoms with Crippen molar-refractivity contribution < 1.29 is 37.1 Å². The third kappa shape index (κ3) is 4.27. The summed E-state index contributed by atoms with van der Waals surface area (Å²) in [7, 11) is -2.84. The van der Waals surface area contributed by atoms with Crippen LogP contribution in [0.3, 0.4) is 0 Å². The number of benzene rings is 1. The molecule has 3 heterocycles. The first-order chi connectivity index (χ1) is 14.6. The summed E-state index contributed by atoms with van der Waals surface area (Å²) in [4.78, 5) is 25.3. The standard InChI is InChI=1S/C17H17ClFN2O9P/c1-26-12-4-2-3-9-7-27-31(25,30-13(9)12)28-8-17(19)5-11(22)15(29-17)21-6-10(18)14(23)20-16(21)24/h2-4,6,11,15,22H,5,7-8H2,1H3,(H,20,23,24)/t11-,15-,17+,31?/m1/s1. The summed E-state index contributed by atoms with van der Waals surface area (Å²) >= 11 is 5.69. The molecular weight excluding hydrogens is 462 g/mol. The van der Waals surface area contributed by atoms with Crippen LogP contribution < -0.4 is 20.5 Å². The van der Waals surface area contributed by atoms with Gasteiger partial charge in [0.2, 0.25) is 5.85 Å². The number of alkyl halides is 1. The van der Waals surface area contributed by atoms with Crippen molar-refractivity contribution in [3.05, 3.63) is 55.8 Å². The lowest BCUT2D eigenvalue weighted by atomic mass is 10.2. The monoisotopic (exact) mass is 478 g/mol. The molecule has 31 heavy (non-hydrogen) atoms. The molecule has 4 rings (SSSR count). The highest BCUT2D eigenvalue weighted by atomic mass is 35.5. The summed E-state index contributed by atoms with van der Waals surface area (Å²) in [5, 5.41) is 9.84. The molecule has 0 radical (unpaired) electrons. The molecule has 2 N–H and O–H groups in total. The number of fused-ring (bicyclic) bond motifs is 1. The van der Waals surface area contributed by atoms with Crippen LogP contribution in [-0.2, 0) is 25.0 Å². The Morgan fingerprint density at radius 2 is 2.23 bits per heavy atom. The van der Waals surface area contributed by atoms with E-state index < -0.39 is 50.3 Å². The largest absolute Gasteiger partial charge is 0.530 e. The molecule has 4 atom stereocenters. The zero-order valence-corrected chi connectivity index (χ0v) is 17.6. The Labute approximate surface area is 178 Å². The minimum Gasteiger partial charge on any atom is -0.493 e. The number of hydrogen-bond donors (Lipinski definition) is 2. The molecule has 2 aromatic rings. The molecule has 1 aromatic carbocycles. The van der Waals surface area contributed by atoms with Gasteiger partial charge >= 0.3 is 13.5 Å². The van der Waals surface area contributed by atoms with Gasteiger partial charge < -0.3 is 19.1 Å². The van der Waals surface area contributed by atoms with E-state index in [1.165, 1.54) is 7.11 Å². The molecule has 2 aliphatic rings.